The zero-order valence-corrected chi connectivity index (χ0v) is 15.1. The fourth-order valence-electron chi connectivity index (χ4n) is 3.20. The van der Waals surface area contributed by atoms with Gasteiger partial charge in [-0.2, -0.15) is 0 Å². The van der Waals surface area contributed by atoms with Gasteiger partial charge in [0.25, 0.3) is 0 Å². The van der Waals surface area contributed by atoms with Crippen molar-refractivity contribution in [3.8, 4) is 16.9 Å². The van der Waals surface area contributed by atoms with E-state index in [2.05, 4.69) is 21.4 Å². The molecule has 0 amide bonds. The number of phenolic OH excluding ortho intramolecular Hbond substituents is 1. The van der Waals surface area contributed by atoms with E-state index in [4.69, 9.17) is 4.74 Å². The summed E-state index contributed by atoms with van der Waals surface area (Å²) in [5.74, 6) is 0.206. The Morgan fingerprint density at radius 1 is 1.11 bits per heavy atom. The van der Waals surface area contributed by atoms with Crippen LogP contribution in [0.2, 0.25) is 0 Å². The van der Waals surface area contributed by atoms with Crippen molar-refractivity contribution >= 4 is 22.3 Å². The van der Waals surface area contributed by atoms with Gasteiger partial charge in [-0.1, -0.05) is 12.1 Å². The average molecular weight is 359 g/mol. The third-order valence-electron chi connectivity index (χ3n) is 4.44. The lowest BCUT2D eigenvalue weighted by atomic mass is 10.0. The number of pyridine rings is 1. The van der Waals surface area contributed by atoms with Crippen molar-refractivity contribution in [1.29, 1.82) is 0 Å². The Kier molecular flexibility index (Phi) is 4.77. The molecule has 0 saturated carbocycles. The lowest BCUT2D eigenvalue weighted by molar-refractivity contribution is 0.132. The highest BCUT2D eigenvalue weighted by molar-refractivity contribution is 5.96. The minimum absolute atomic E-state index is 0.206. The van der Waals surface area contributed by atoms with E-state index in [0.29, 0.717) is 13.2 Å². The van der Waals surface area contributed by atoms with Gasteiger partial charge in [0.15, 0.2) is 0 Å². The molecule has 0 fully saturated rings. The van der Waals surface area contributed by atoms with E-state index in [0.717, 1.165) is 39.1 Å². The molecule has 2 aromatic heterocycles. The smallest absolute Gasteiger partial charge is 0.118 e. The van der Waals surface area contributed by atoms with E-state index in [1.165, 1.54) is 0 Å². The number of anilines is 2. The Bertz CT molecular complexity index is 1070. The molecular formula is C22H21N3O2. The minimum Gasteiger partial charge on any atom is -0.508 e. The van der Waals surface area contributed by atoms with Crippen molar-refractivity contribution in [1.82, 2.24) is 9.97 Å². The van der Waals surface area contributed by atoms with E-state index in [9.17, 15) is 5.11 Å². The summed E-state index contributed by atoms with van der Waals surface area (Å²) in [6.07, 6.45) is 3.67. The van der Waals surface area contributed by atoms with Gasteiger partial charge in [-0.3, -0.25) is 4.98 Å². The topological polar surface area (TPSA) is 70.2 Å². The number of nitrogens with one attached hydrogen (secondary N) is 2. The maximum atomic E-state index is 10.3. The summed E-state index contributed by atoms with van der Waals surface area (Å²) in [6, 6.07) is 17.5. The molecule has 136 valence electrons. The van der Waals surface area contributed by atoms with Gasteiger partial charge >= 0.3 is 0 Å². The summed E-state index contributed by atoms with van der Waals surface area (Å²) < 4.78 is 5.50. The monoisotopic (exact) mass is 359 g/mol. The van der Waals surface area contributed by atoms with Crippen molar-refractivity contribution in [2.75, 3.05) is 11.9 Å². The first-order valence-electron chi connectivity index (χ1n) is 8.94. The molecule has 5 heteroatoms. The number of nitrogens with zero attached hydrogens (tertiary/aromatic N) is 1. The molecule has 2 heterocycles. The highest BCUT2D eigenvalue weighted by atomic mass is 16.5. The second kappa shape index (κ2) is 7.51. The van der Waals surface area contributed by atoms with Gasteiger partial charge in [-0.25, -0.2) is 0 Å². The number of hydrogen-bond donors (Lipinski definition) is 3. The largest absolute Gasteiger partial charge is 0.508 e. The standard InChI is InChI=1S/C22H21N3O2/c1-2-27-14-22-21(7-4-9-23-22)25-16-11-15(12-17(26)13-16)18-5-3-6-20-19(18)8-10-24-20/h3-13,24-26H,2,14H2,1H3. The van der Waals surface area contributed by atoms with Crippen LogP contribution in [-0.4, -0.2) is 21.7 Å². The van der Waals surface area contributed by atoms with Gasteiger partial charge in [0.1, 0.15) is 5.75 Å². The van der Waals surface area contributed by atoms with Gasteiger partial charge in [-0.05, 0) is 54.4 Å². The van der Waals surface area contributed by atoms with Crippen LogP contribution in [0.4, 0.5) is 11.4 Å². The van der Waals surface area contributed by atoms with Gasteiger partial charge in [0, 0.05) is 41.7 Å². The van der Waals surface area contributed by atoms with E-state index < -0.39 is 0 Å². The number of benzene rings is 2. The highest BCUT2D eigenvalue weighted by Crippen LogP contribution is 2.34. The quantitative estimate of drug-likeness (QED) is 0.442. The van der Waals surface area contributed by atoms with Crippen LogP contribution in [0.1, 0.15) is 12.6 Å². The van der Waals surface area contributed by atoms with E-state index in [-0.39, 0.29) is 5.75 Å². The number of rotatable bonds is 6. The molecule has 4 rings (SSSR count). The van der Waals surface area contributed by atoms with Crippen LogP contribution in [0.25, 0.3) is 22.0 Å². The van der Waals surface area contributed by atoms with Crippen LogP contribution >= 0.6 is 0 Å². The van der Waals surface area contributed by atoms with Crippen LogP contribution in [0.15, 0.2) is 67.0 Å². The summed E-state index contributed by atoms with van der Waals surface area (Å²) in [5, 5.41) is 14.8. The number of fused-ring (bicyclic) bond motifs is 1. The Balaban J connectivity index is 1.71. The Labute approximate surface area is 157 Å². The van der Waals surface area contributed by atoms with Crippen LogP contribution in [-0.2, 0) is 11.3 Å². The second-order valence-corrected chi connectivity index (χ2v) is 6.27. The first kappa shape index (κ1) is 17.1. The third-order valence-corrected chi connectivity index (χ3v) is 4.44. The molecule has 0 radical (unpaired) electrons. The van der Waals surface area contributed by atoms with Crippen molar-refractivity contribution in [2.45, 2.75) is 13.5 Å². The van der Waals surface area contributed by atoms with Crippen LogP contribution in [0.5, 0.6) is 5.75 Å². The molecule has 0 unspecified atom stereocenters. The molecule has 0 aliphatic carbocycles. The van der Waals surface area contributed by atoms with Crippen LogP contribution in [0.3, 0.4) is 0 Å². The first-order valence-corrected chi connectivity index (χ1v) is 8.94. The Morgan fingerprint density at radius 2 is 2.04 bits per heavy atom. The molecule has 0 spiro atoms. The maximum Gasteiger partial charge on any atom is 0.118 e. The molecule has 0 aliphatic rings. The normalized spacial score (nSPS) is 11.0. The van der Waals surface area contributed by atoms with E-state index in [1.54, 1.807) is 18.3 Å². The summed E-state index contributed by atoms with van der Waals surface area (Å²) in [7, 11) is 0. The van der Waals surface area contributed by atoms with Gasteiger partial charge < -0.3 is 20.1 Å². The van der Waals surface area contributed by atoms with Gasteiger partial charge in [-0.15, -0.1) is 0 Å². The van der Waals surface area contributed by atoms with Crippen molar-refractivity contribution < 1.29 is 9.84 Å². The fraction of sp³-hybridized carbons (Fsp3) is 0.136. The van der Waals surface area contributed by atoms with Crippen LogP contribution < -0.4 is 5.32 Å². The third kappa shape index (κ3) is 3.64. The van der Waals surface area contributed by atoms with E-state index >= 15 is 0 Å². The Hall–Kier alpha value is -3.31. The van der Waals surface area contributed by atoms with Crippen molar-refractivity contribution in [3.63, 3.8) is 0 Å². The summed E-state index contributed by atoms with van der Waals surface area (Å²) in [6.45, 7) is 3.03. The summed E-state index contributed by atoms with van der Waals surface area (Å²) >= 11 is 0. The molecule has 27 heavy (non-hydrogen) atoms. The zero-order chi connectivity index (χ0) is 18.6. The molecule has 5 nitrogen and oxygen atoms in total. The minimum atomic E-state index is 0.206. The average Bonchev–Trinajstić information content (AvgIpc) is 3.15. The number of aromatic hydroxyl groups is 1. The lowest BCUT2D eigenvalue weighted by Crippen LogP contribution is -2.01. The van der Waals surface area contributed by atoms with Crippen LogP contribution in [0, 0.1) is 0 Å². The number of aromatic nitrogens is 2. The number of ether oxygens (including phenoxy) is 1. The molecule has 4 aromatic rings. The van der Waals surface area contributed by atoms with Crippen molar-refractivity contribution in [3.05, 3.63) is 72.7 Å². The number of hydrogen-bond acceptors (Lipinski definition) is 4. The lowest BCUT2D eigenvalue weighted by Gasteiger charge is -2.13. The molecular weight excluding hydrogens is 338 g/mol. The molecule has 0 atom stereocenters. The van der Waals surface area contributed by atoms with Gasteiger partial charge in [0.05, 0.1) is 18.0 Å². The first-order chi connectivity index (χ1) is 13.2. The second-order valence-electron chi connectivity index (χ2n) is 6.27. The molecule has 0 aliphatic heterocycles. The predicted octanol–water partition coefficient (Wildman–Crippen LogP) is 5.22. The molecule has 2 aromatic carbocycles. The Morgan fingerprint density at radius 3 is 2.93 bits per heavy atom. The summed E-state index contributed by atoms with van der Waals surface area (Å²) in [5.41, 5.74) is 5.56. The SMILES string of the molecule is CCOCc1ncccc1Nc1cc(O)cc(-c2cccc3[nH]ccc23)c1. The highest BCUT2D eigenvalue weighted by Gasteiger charge is 2.09. The fourth-order valence-corrected chi connectivity index (χ4v) is 3.20. The zero-order valence-electron chi connectivity index (χ0n) is 15.1. The molecule has 0 bridgehead atoms. The van der Waals surface area contributed by atoms with Crippen molar-refractivity contribution in [2.24, 2.45) is 0 Å². The van der Waals surface area contributed by atoms with Gasteiger partial charge in [0.2, 0.25) is 0 Å². The van der Waals surface area contributed by atoms with E-state index in [1.807, 2.05) is 49.5 Å². The number of phenols is 1. The number of H-pyrrole nitrogens is 1. The summed E-state index contributed by atoms with van der Waals surface area (Å²) in [4.78, 5) is 7.62. The molecule has 0 saturated heterocycles. The predicted molar refractivity (Wildman–Crippen MR) is 108 cm³/mol. The maximum absolute atomic E-state index is 10.3. The molecule has 3 N–H and O–H groups in total. The number of aromatic amines is 1.